The fraction of sp³-hybridized carbons (Fsp3) is 0.649. The number of hydrogen-bond donors (Lipinski definition) is 1. The highest BCUT2D eigenvalue weighted by Gasteiger charge is 2.44. The van der Waals surface area contributed by atoms with Crippen LogP contribution in [-0.2, 0) is 26.9 Å². The highest BCUT2D eigenvalue weighted by Crippen LogP contribution is 2.47. The van der Waals surface area contributed by atoms with Crippen LogP contribution in [0.5, 0.6) is 5.75 Å². The molecule has 47 heavy (non-hydrogen) atoms. The molecule has 2 fully saturated rings. The van der Waals surface area contributed by atoms with E-state index in [1.807, 2.05) is 18.2 Å². The number of rotatable bonds is 5. The molecular weight excluding hydrogens is 634 g/mol. The van der Waals surface area contributed by atoms with Crippen molar-refractivity contribution in [2.75, 3.05) is 57.7 Å². The highest BCUT2D eigenvalue weighted by atomic mass is 35.5. The van der Waals surface area contributed by atoms with Gasteiger partial charge in [0.25, 0.3) is 5.91 Å². The second-order valence-electron chi connectivity index (χ2n) is 14.5. The van der Waals surface area contributed by atoms with Gasteiger partial charge in [-0.2, -0.15) is 0 Å². The molecule has 2 aromatic carbocycles. The molecule has 5 unspecified atom stereocenters. The van der Waals surface area contributed by atoms with Gasteiger partial charge in [0.2, 0.25) is 0 Å². The normalized spacial score (nSPS) is 32.0. The molecule has 2 bridgehead atoms. The van der Waals surface area contributed by atoms with E-state index in [-0.39, 0.29) is 24.2 Å². The topological polar surface area (TPSA) is 80.3 Å². The lowest BCUT2D eigenvalue weighted by Gasteiger charge is -2.48. The maximum absolute atomic E-state index is 13.3. The Bertz CT molecular complexity index is 1420. The first-order chi connectivity index (χ1) is 22.7. The summed E-state index contributed by atoms with van der Waals surface area (Å²) in [7, 11) is 2.71. The van der Waals surface area contributed by atoms with E-state index in [4.69, 9.17) is 25.8 Å². The Labute approximate surface area is 288 Å². The van der Waals surface area contributed by atoms with E-state index in [0.29, 0.717) is 54.8 Å². The van der Waals surface area contributed by atoms with Gasteiger partial charge in [0.15, 0.2) is 6.29 Å². The highest BCUT2D eigenvalue weighted by molar-refractivity contribution is 7.83. The van der Waals surface area contributed by atoms with Gasteiger partial charge in [-0.3, -0.25) is 9.52 Å². The van der Waals surface area contributed by atoms with Crippen LogP contribution in [0, 0.1) is 23.7 Å². The minimum atomic E-state index is -1.45. The lowest BCUT2D eigenvalue weighted by molar-refractivity contribution is -0.241. The average molecular weight is 686 g/mol. The van der Waals surface area contributed by atoms with Gasteiger partial charge in [-0.05, 0) is 105 Å². The molecule has 1 N–H and O–H groups in total. The average Bonchev–Trinajstić information content (AvgIpc) is 3.22. The molecule has 1 saturated heterocycles. The third-order valence-electron chi connectivity index (χ3n) is 11.0. The molecule has 258 valence electrons. The number of nitrogens with one attached hydrogen (secondary N) is 1. The number of hydrogen-bond acceptors (Lipinski definition) is 7. The molecule has 6 rings (SSSR count). The lowest BCUT2D eigenvalue weighted by Crippen LogP contribution is -2.51. The number of nitrogens with zero attached hydrogens (tertiary/aromatic N) is 2. The van der Waals surface area contributed by atoms with Crippen molar-refractivity contribution < 1.29 is 23.2 Å². The summed E-state index contributed by atoms with van der Waals surface area (Å²) in [5, 5.41) is 0.759. The van der Waals surface area contributed by atoms with Gasteiger partial charge >= 0.3 is 0 Å². The third-order valence-corrected chi connectivity index (χ3v) is 12.2. The van der Waals surface area contributed by atoms with E-state index in [1.54, 1.807) is 6.07 Å². The number of aryl methyl sites for hydroxylation is 1. The summed E-state index contributed by atoms with van der Waals surface area (Å²) in [6, 6.07) is 12.2. The molecule has 1 aliphatic carbocycles. The van der Waals surface area contributed by atoms with E-state index >= 15 is 0 Å². The standard InChI is InChI=1S/C37H52ClN3O5S/c1-5-6-25-17-29(38)10-13-31(25)28-20-41-19-27-8-12-32(27)33(37-45-22-30(23-46-37)40(3)4)11-7-24(2)15-16-47(43)39-36(42)26-9-14-35(44-21-28)34(41)18-26/h9-10,13-14,17-18,24,27-28,30,32-33,37H,5-8,11-12,15-16,19-23H2,1-4H3,(H,39,42)/t24?,27?,28?,30?,32?,33-,37?,47?/m1/s1. The number of carbonyl (C=O) groups is 1. The van der Waals surface area contributed by atoms with Crippen molar-refractivity contribution in [3.05, 3.63) is 58.1 Å². The maximum Gasteiger partial charge on any atom is 0.263 e. The van der Waals surface area contributed by atoms with E-state index < -0.39 is 11.0 Å². The minimum Gasteiger partial charge on any atom is -0.491 e. The molecule has 0 radical (unpaired) electrons. The number of benzene rings is 2. The van der Waals surface area contributed by atoms with Gasteiger partial charge in [0.05, 0.1) is 31.5 Å². The molecule has 3 heterocycles. The first-order valence-electron chi connectivity index (χ1n) is 17.6. The Hall–Kier alpha value is -2.17. The Kier molecular flexibility index (Phi) is 11.5. The summed E-state index contributed by atoms with van der Waals surface area (Å²) in [5.74, 6) is 2.69. The summed E-state index contributed by atoms with van der Waals surface area (Å²) in [6.07, 6.45) is 6.92. The Morgan fingerprint density at radius 2 is 1.77 bits per heavy atom. The SMILES string of the molecule is CCCc1cc(Cl)ccc1C1COc2ccc3cc2N(C1)CC1CCC1[C@H](C1OCC(N(C)C)CO1)CCC(C)CCS(=O)NC3=O. The molecule has 1 saturated carbocycles. The third kappa shape index (κ3) is 8.18. The van der Waals surface area contributed by atoms with Crippen molar-refractivity contribution in [2.45, 2.75) is 77.0 Å². The van der Waals surface area contributed by atoms with Crippen molar-refractivity contribution >= 4 is 34.2 Å². The first kappa shape index (κ1) is 34.7. The quantitative estimate of drug-likeness (QED) is 0.389. The number of likely N-dealkylation sites (N-methyl/N-ethyl adjacent to an activating group) is 1. The van der Waals surface area contributed by atoms with Gasteiger partial charge in [0.1, 0.15) is 16.7 Å². The van der Waals surface area contributed by atoms with E-state index in [9.17, 15) is 9.00 Å². The molecule has 1 amide bonds. The number of anilines is 1. The maximum atomic E-state index is 13.3. The number of ether oxygens (including phenoxy) is 3. The molecule has 0 aromatic heterocycles. The summed E-state index contributed by atoms with van der Waals surface area (Å²) in [4.78, 5) is 17.9. The van der Waals surface area contributed by atoms with Crippen LogP contribution in [0.2, 0.25) is 5.02 Å². The fourth-order valence-electron chi connectivity index (χ4n) is 7.87. The van der Waals surface area contributed by atoms with Crippen LogP contribution in [0.4, 0.5) is 5.69 Å². The van der Waals surface area contributed by atoms with Gasteiger partial charge in [-0.1, -0.05) is 44.4 Å². The number of halogens is 1. The molecule has 6 atom stereocenters. The van der Waals surface area contributed by atoms with Gasteiger partial charge in [0, 0.05) is 41.3 Å². The summed E-state index contributed by atoms with van der Waals surface area (Å²) in [6.45, 7) is 7.98. The molecule has 2 aromatic rings. The monoisotopic (exact) mass is 685 g/mol. The van der Waals surface area contributed by atoms with Gasteiger partial charge in [-0.15, -0.1) is 0 Å². The smallest absolute Gasteiger partial charge is 0.263 e. The Morgan fingerprint density at radius 3 is 2.49 bits per heavy atom. The summed E-state index contributed by atoms with van der Waals surface area (Å²) in [5.41, 5.74) is 3.99. The van der Waals surface area contributed by atoms with E-state index in [2.05, 4.69) is 54.6 Å². The zero-order valence-corrected chi connectivity index (χ0v) is 30.0. The van der Waals surface area contributed by atoms with Gasteiger partial charge < -0.3 is 24.0 Å². The van der Waals surface area contributed by atoms with Crippen LogP contribution in [-0.4, -0.2) is 80.1 Å². The molecule has 4 aliphatic rings. The molecule has 10 heteroatoms. The van der Waals surface area contributed by atoms with Crippen molar-refractivity contribution in [3.8, 4) is 5.75 Å². The van der Waals surface area contributed by atoms with E-state index in [1.165, 1.54) is 11.1 Å². The molecule has 3 aliphatic heterocycles. The molecular formula is C37H52ClN3O5S. The first-order valence-corrected chi connectivity index (χ1v) is 19.3. The van der Waals surface area contributed by atoms with Crippen molar-refractivity contribution in [2.24, 2.45) is 23.7 Å². The second kappa shape index (κ2) is 15.6. The number of carbonyl (C=O) groups excluding carboxylic acids is 1. The van der Waals surface area contributed by atoms with Crippen LogP contribution in [0.25, 0.3) is 0 Å². The van der Waals surface area contributed by atoms with Crippen molar-refractivity contribution in [3.63, 3.8) is 0 Å². The number of fused-ring (bicyclic) bond motifs is 2. The van der Waals surface area contributed by atoms with Crippen molar-refractivity contribution in [1.82, 2.24) is 9.62 Å². The number of amides is 1. The largest absolute Gasteiger partial charge is 0.491 e. The van der Waals surface area contributed by atoms with Crippen LogP contribution in [0.15, 0.2) is 36.4 Å². The van der Waals surface area contributed by atoms with Crippen LogP contribution < -0.4 is 14.4 Å². The van der Waals surface area contributed by atoms with E-state index in [0.717, 1.165) is 74.5 Å². The summed E-state index contributed by atoms with van der Waals surface area (Å²) < 4.78 is 35.2. The molecule has 8 nitrogen and oxygen atoms in total. The summed E-state index contributed by atoms with van der Waals surface area (Å²) >= 11 is 6.46. The second-order valence-corrected chi connectivity index (χ2v) is 16.2. The predicted molar refractivity (Wildman–Crippen MR) is 189 cm³/mol. The minimum absolute atomic E-state index is 0.139. The lowest BCUT2D eigenvalue weighted by atomic mass is 9.65. The van der Waals surface area contributed by atoms with Crippen LogP contribution in [0.3, 0.4) is 0 Å². The van der Waals surface area contributed by atoms with Crippen molar-refractivity contribution in [1.29, 1.82) is 0 Å². The molecule has 0 spiro atoms. The Balaban J connectivity index is 1.33. The Morgan fingerprint density at radius 1 is 0.979 bits per heavy atom. The fourth-order valence-corrected chi connectivity index (χ4v) is 9.11. The predicted octanol–water partition coefficient (Wildman–Crippen LogP) is 6.43. The zero-order valence-electron chi connectivity index (χ0n) is 28.4. The van der Waals surface area contributed by atoms with Crippen LogP contribution in [0.1, 0.15) is 79.8 Å². The van der Waals surface area contributed by atoms with Gasteiger partial charge in [-0.25, -0.2) is 4.21 Å². The van der Waals surface area contributed by atoms with Crippen LogP contribution >= 0.6 is 11.6 Å². The zero-order chi connectivity index (χ0) is 33.1.